The molecule has 2 nitrogen and oxygen atoms in total. The number of hydrogen-bond acceptors (Lipinski definition) is 1. The molecular formula is C10H9ClF2O2. The van der Waals surface area contributed by atoms with Crippen molar-refractivity contribution in [1.82, 2.24) is 0 Å². The van der Waals surface area contributed by atoms with Crippen LogP contribution in [0.2, 0.25) is 5.02 Å². The number of hydrogen-bond donors (Lipinski definition) is 1. The average molecular weight is 235 g/mol. The molecule has 0 aliphatic rings. The van der Waals surface area contributed by atoms with Crippen molar-refractivity contribution in [1.29, 1.82) is 0 Å². The summed E-state index contributed by atoms with van der Waals surface area (Å²) < 4.78 is 25.7. The Morgan fingerprint density at radius 2 is 2.13 bits per heavy atom. The van der Waals surface area contributed by atoms with E-state index in [4.69, 9.17) is 16.7 Å². The Balaban J connectivity index is 2.91. The maximum absolute atomic E-state index is 12.8. The van der Waals surface area contributed by atoms with E-state index in [1.54, 1.807) is 6.92 Å². The van der Waals surface area contributed by atoms with Crippen LogP contribution in [0.15, 0.2) is 18.2 Å². The molecule has 0 aromatic heterocycles. The number of aryl methyl sites for hydroxylation is 1. The fourth-order valence-electron chi connectivity index (χ4n) is 1.15. The molecule has 0 spiro atoms. The van der Waals surface area contributed by atoms with Gasteiger partial charge in [0.15, 0.2) is 0 Å². The van der Waals surface area contributed by atoms with E-state index in [2.05, 4.69) is 0 Å². The highest BCUT2D eigenvalue weighted by molar-refractivity contribution is 6.31. The van der Waals surface area contributed by atoms with E-state index in [0.717, 1.165) is 0 Å². The summed E-state index contributed by atoms with van der Waals surface area (Å²) >= 11 is 5.71. The van der Waals surface area contributed by atoms with Crippen molar-refractivity contribution in [3.63, 3.8) is 0 Å². The molecule has 5 heteroatoms. The second-order valence-electron chi connectivity index (χ2n) is 3.27. The molecule has 1 aromatic rings. The van der Waals surface area contributed by atoms with E-state index in [9.17, 15) is 13.6 Å². The molecule has 82 valence electrons. The molecule has 0 amide bonds. The lowest BCUT2D eigenvalue weighted by atomic mass is 10.1. The second kappa shape index (κ2) is 4.14. The summed E-state index contributed by atoms with van der Waals surface area (Å²) in [4.78, 5) is 10.2. The van der Waals surface area contributed by atoms with Gasteiger partial charge < -0.3 is 5.11 Å². The minimum atomic E-state index is -3.74. The van der Waals surface area contributed by atoms with Crippen LogP contribution in [-0.2, 0) is 11.2 Å². The Bertz CT molecular complexity index is 391. The third-order valence-electron chi connectivity index (χ3n) is 1.96. The van der Waals surface area contributed by atoms with Crippen LogP contribution in [0.25, 0.3) is 0 Å². The van der Waals surface area contributed by atoms with Crippen LogP contribution in [0.3, 0.4) is 0 Å². The highest BCUT2D eigenvalue weighted by Crippen LogP contribution is 2.23. The minimum Gasteiger partial charge on any atom is -0.477 e. The fourth-order valence-corrected chi connectivity index (χ4v) is 1.27. The maximum atomic E-state index is 12.8. The predicted octanol–water partition coefficient (Wildman–Crippen LogP) is 2.91. The van der Waals surface area contributed by atoms with Gasteiger partial charge in [0.1, 0.15) is 0 Å². The van der Waals surface area contributed by atoms with Crippen molar-refractivity contribution < 1.29 is 18.7 Å². The molecule has 0 saturated carbocycles. The molecule has 15 heavy (non-hydrogen) atoms. The molecule has 0 heterocycles. The lowest BCUT2D eigenvalue weighted by molar-refractivity contribution is -0.164. The van der Waals surface area contributed by atoms with Crippen LogP contribution < -0.4 is 0 Å². The molecule has 0 fully saturated rings. The lowest BCUT2D eigenvalue weighted by Gasteiger charge is -2.11. The van der Waals surface area contributed by atoms with Crippen LogP contribution in [0.4, 0.5) is 8.78 Å². The van der Waals surface area contributed by atoms with Gasteiger partial charge in [0, 0.05) is 11.4 Å². The van der Waals surface area contributed by atoms with Gasteiger partial charge in [-0.3, -0.25) is 0 Å². The highest BCUT2D eigenvalue weighted by atomic mass is 35.5. The quantitative estimate of drug-likeness (QED) is 0.873. The summed E-state index contributed by atoms with van der Waals surface area (Å²) in [6, 6.07) is 4.33. The van der Waals surface area contributed by atoms with Gasteiger partial charge in [0.25, 0.3) is 0 Å². The van der Waals surface area contributed by atoms with Gasteiger partial charge >= 0.3 is 11.9 Å². The molecule has 1 rings (SSSR count). The van der Waals surface area contributed by atoms with Crippen LogP contribution in [0.5, 0.6) is 0 Å². The predicted molar refractivity (Wildman–Crippen MR) is 52.5 cm³/mol. The molecule has 1 aromatic carbocycles. The normalized spacial score (nSPS) is 11.5. The third-order valence-corrected chi connectivity index (χ3v) is 2.39. The summed E-state index contributed by atoms with van der Waals surface area (Å²) in [5.74, 6) is -5.85. The lowest BCUT2D eigenvalue weighted by Crippen LogP contribution is -2.30. The molecule has 0 saturated heterocycles. The van der Waals surface area contributed by atoms with Gasteiger partial charge in [-0.25, -0.2) is 4.79 Å². The fraction of sp³-hybridized carbons (Fsp3) is 0.300. The number of carboxylic acid groups (broad SMARTS) is 1. The van der Waals surface area contributed by atoms with Crippen molar-refractivity contribution in [2.45, 2.75) is 19.3 Å². The SMILES string of the molecule is Cc1cc(CC(F)(F)C(=O)O)ccc1Cl. The highest BCUT2D eigenvalue weighted by Gasteiger charge is 2.38. The molecule has 0 atom stereocenters. The molecule has 0 aliphatic carbocycles. The number of halogens is 3. The summed E-state index contributed by atoms with van der Waals surface area (Å²) in [5, 5.41) is 8.72. The Morgan fingerprint density at radius 1 is 1.53 bits per heavy atom. The molecular weight excluding hydrogens is 226 g/mol. The molecule has 0 radical (unpaired) electrons. The first-order valence-electron chi connectivity index (χ1n) is 4.19. The molecule has 0 bridgehead atoms. The van der Waals surface area contributed by atoms with E-state index in [1.165, 1.54) is 18.2 Å². The van der Waals surface area contributed by atoms with E-state index in [1.807, 2.05) is 0 Å². The van der Waals surface area contributed by atoms with E-state index >= 15 is 0 Å². The first kappa shape index (κ1) is 11.9. The largest absolute Gasteiger partial charge is 0.477 e. The van der Waals surface area contributed by atoms with Crippen LogP contribution in [0, 0.1) is 6.92 Å². The zero-order chi connectivity index (χ0) is 11.6. The zero-order valence-electron chi connectivity index (χ0n) is 7.93. The Hall–Kier alpha value is -1.16. The third kappa shape index (κ3) is 2.89. The van der Waals surface area contributed by atoms with Crippen LogP contribution >= 0.6 is 11.6 Å². The van der Waals surface area contributed by atoms with Gasteiger partial charge in [0.2, 0.25) is 0 Å². The van der Waals surface area contributed by atoms with E-state index in [0.29, 0.717) is 10.6 Å². The number of carboxylic acids is 1. The monoisotopic (exact) mass is 234 g/mol. The van der Waals surface area contributed by atoms with Crippen molar-refractivity contribution in [2.75, 3.05) is 0 Å². The van der Waals surface area contributed by atoms with Gasteiger partial charge in [0.05, 0.1) is 0 Å². The van der Waals surface area contributed by atoms with Gasteiger partial charge in [-0.1, -0.05) is 23.7 Å². The van der Waals surface area contributed by atoms with Crippen molar-refractivity contribution in [3.8, 4) is 0 Å². The van der Waals surface area contributed by atoms with Gasteiger partial charge in [-0.15, -0.1) is 0 Å². The summed E-state index contributed by atoms with van der Waals surface area (Å²) in [6.45, 7) is 1.67. The topological polar surface area (TPSA) is 37.3 Å². The first-order valence-corrected chi connectivity index (χ1v) is 4.57. The average Bonchev–Trinajstić information content (AvgIpc) is 2.10. The smallest absolute Gasteiger partial charge is 0.374 e. The van der Waals surface area contributed by atoms with E-state index < -0.39 is 18.3 Å². The Labute approximate surface area is 90.5 Å². The number of aliphatic carboxylic acids is 1. The van der Waals surface area contributed by atoms with Crippen molar-refractivity contribution in [2.24, 2.45) is 0 Å². The Morgan fingerprint density at radius 3 is 2.60 bits per heavy atom. The zero-order valence-corrected chi connectivity index (χ0v) is 8.68. The van der Waals surface area contributed by atoms with Gasteiger partial charge in [-0.05, 0) is 24.1 Å². The second-order valence-corrected chi connectivity index (χ2v) is 3.68. The number of rotatable bonds is 3. The molecule has 0 unspecified atom stereocenters. The number of benzene rings is 1. The molecule has 0 aliphatic heterocycles. The maximum Gasteiger partial charge on any atom is 0.374 e. The van der Waals surface area contributed by atoms with E-state index in [-0.39, 0.29) is 5.56 Å². The van der Waals surface area contributed by atoms with Crippen LogP contribution in [-0.4, -0.2) is 17.0 Å². The summed E-state index contributed by atoms with van der Waals surface area (Å²) in [5.41, 5.74) is 0.902. The summed E-state index contributed by atoms with van der Waals surface area (Å²) in [7, 11) is 0. The first-order chi connectivity index (χ1) is 6.83. The van der Waals surface area contributed by atoms with Crippen LogP contribution in [0.1, 0.15) is 11.1 Å². The van der Waals surface area contributed by atoms with Crippen molar-refractivity contribution in [3.05, 3.63) is 34.3 Å². The van der Waals surface area contributed by atoms with Crippen molar-refractivity contribution >= 4 is 17.6 Å². The van der Waals surface area contributed by atoms with Gasteiger partial charge in [-0.2, -0.15) is 8.78 Å². The molecule has 1 N–H and O–H groups in total. The minimum absolute atomic E-state index is 0.254. The number of alkyl halides is 2. The standard InChI is InChI=1S/C10H9ClF2O2/c1-6-4-7(2-3-8(6)11)5-10(12,13)9(14)15/h2-4H,5H2,1H3,(H,14,15). The number of carbonyl (C=O) groups is 1. The Kier molecular flexibility index (Phi) is 3.29. The summed E-state index contributed by atoms with van der Waals surface area (Å²) in [6.07, 6.45) is -0.819.